The van der Waals surface area contributed by atoms with Gasteiger partial charge in [0, 0.05) is 11.6 Å². The van der Waals surface area contributed by atoms with E-state index in [-0.39, 0.29) is 28.8 Å². The number of hydrogen-bond acceptors (Lipinski definition) is 5. The average Bonchev–Trinajstić information content (AvgIpc) is 3.11. The maximum absolute atomic E-state index is 12.5. The molecular weight excluding hydrogens is 381 g/mol. The average molecular weight is 394 g/mol. The minimum Gasteiger partial charge on any atom is -0.494 e. The Hall–Kier alpha value is -2.15. The van der Waals surface area contributed by atoms with Crippen LogP contribution in [-0.2, 0) is 6.54 Å². The molecule has 0 radical (unpaired) electrons. The molecule has 128 valence electrons. The van der Waals surface area contributed by atoms with Gasteiger partial charge in [0.25, 0.3) is 5.91 Å². The summed E-state index contributed by atoms with van der Waals surface area (Å²) in [5.41, 5.74) is 1.73. The van der Waals surface area contributed by atoms with Gasteiger partial charge in [-0.05, 0) is 24.3 Å². The number of benzene rings is 1. The van der Waals surface area contributed by atoms with Gasteiger partial charge in [-0.3, -0.25) is 9.78 Å². The van der Waals surface area contributed by atoms with Crippen molar-refractivity contribution in [3.8, 4) is 16.5 Å². The van der Waals surface area contributed by atoms with Gasteiger partial charge in [-0.1, -0.05) is 29.3 Å². The number of pyridine rings is 1. The molecule has 1 amide bonds. The Morgan fingerprint density at radius 2 is 2.04 bits per heavy atom. The number of amides is 1. The molecule has 0 aliphatic rings. The molecule has 0 atom stereocenters. The van der Waals surface area contributed by atoms with E-state index in [1.165, 1.54) is 18.4 Å². The van der Waals surface area contributed by atoms with Gasteiger partial charge < -0.3 is 10.1 Å². The molecule has 2 heterocycles. The van der Waals surface area contributed by atoms with Crippen LogP contribution < -0.4 is 10.1 Å². The number of carbonyl (C=O) groups excluding carboxylic acids is 1. The summed E-state index contributed by atoms with van der Waals surface area (Å²) in [6, 6.07) is 8.78. The number of aromatic nitrogens is 2. The van der Waals surface area contributed by atoms with E-state index in [1.807, 2.05) is 23.6 Å². The lowest BCUT2D eigenvalue weighted by Gasteiger charge is -2.11. The van der Waals surface area contributed by atoms with E-state index in [4.69, 9.17) is 27.9 Å². The van der Waals surface area contributed by atoms with Crippen LogP contribution in [0.2, 0.25) is 10.0 Å². The van der Waals surface area contributed by atoms with E-state index in [0.29, 0.717) is 5.02 Å². The highest BCUT2D eigenvalue weighted by Crippen LogP contribution is 2.33. The number of halogens is 2. The third-order valence-electron chi connectivity index (χ3n) is 3.36. The minimum atomic E-state index is -0.378. The van der Waals surface area contributed by atoms with Crippen LogP contribution in [0.4, 0.5) is 0 Å². The first-order valence-electron chi connectivity index (χ1n) is 7.26. The van der Waals surface area contributed by atoms with Crippen LogP contribution in [0.25, 0.3) is 10.7 Å². The second-order valence-corrected chi connectivity index (χ2v) is 6.65. The number of carbonyl (C=O) groups is 1. The normalized spacial score (nSPS) is 10.5. The second kappa shape index (κ2) is 7.82. The van der Waals surface area contributed by atoms with Crippen LogP contribution >= 0.6 is 34.5 Å². The van der Waals surface area contributed by atoms with Crippen LogP contribution in [0.3, 0.4) is 0 Å². The summed E-state index contributed by atoms with van der Waals surface area (Å²) >= 11 is 13.6. The van der Waals surface area contributed by atoms with E-state index in [9.17, 15) is 4.79 Å². The highest BCUT2D eigenvalue weighted by Gasteiger charge is 2.19. The van der Waals surface area contributed by atoms with Crippen molar-refractivity contribution in [2.24, 2.45) is 0 Å². The number of ether oxygens (including phenoxy) is 1. The summed E-state index contributed by atoms with van der Waals surface area (Å²) in [6.07, 6.45) is 1.71. The molecule has 0 aliphatic carbocycles. The molecule has 5 nitrogen and oxygen atoms in total. The molecule has 0 unspecified atom stereocenters. The van der Waals surface area contributed by atoms with Crippen molar-refractivity contribution in [1.29, 1.82) is 0 Å². The van der Waals surface area contributed by atoms with E-state index in [1.54, 1.807) is 18.3 Å². The van der Waals surface area contributed by atoms with Gasteiger partial charge in [-0.2, -0.15) is 0 Å². The van der Waals surface area contributed by atoms with E-state index < -0.39 is 0 Å². The van der Waals surface area contributed by atoms with Gasteiger partial charge in [0.05, 0.1) is 35.1 Å². The number of methoxy groups -OCH3 is 1. The standard InChI is InChI=1S/C17H13Cl2N3O2S/c1-24-15-12(19)6-5-11(18)14(15)16(23)21-8-10-9-25-17(22-10)13-4-2-3-7-20-13/h2-7,9H,8H2,1H3,(H,21,23). The summed E-state index contributed by atoms with van der Waals surface area (Å²) < 4.78 is 5.19. The second-order valence-electron chi connectivity index (χ2n) is 4.98. The summed E-state index contributed by atoms with van der Waals surface area (Å²) in [5.74, 6) is -0.129. The number of hydrogen-bond donors (Lipinski definition) is 1. The third-order valence-corrected chi connectivity index (χ3v) is 4.88. The Kier molecular flexibility index (Phi) is 5.53. The molecule has 3 aromatic rings. The van der Waals surface area contributed by atoms with Crippen LogP contribution in [-0.4, -0.2) is 23.0 Å². The molecule has 0 saturated carbocycles. The number of rotatable bonds is 5. The predicted molar refractivity (Wildman–Crippen MR) is 99.5 cm³/mol. The van der Waals surface area contributed by atoms with Crippen LogP contribution in [0.15, 0.2) is 41.9 Å². The van der Waals surface area contributed by atoms with Gasteiger partial charge in [0.1, 0.15) is 10.6 Å². The lowest BCUT2D eigenvalue weighted by atomic mass is 10.2. The number of nitrogens with zero attached hydrogens (tertiary/aromatic N) is 2. The first-order valence-corrected chi connectivity index (χ1v) is 8.89. The third kappa shape index (κ3) is 3.92. The summed E-state index contributed by atoms with van der Waals surface area (Å²) in [6.45, 7) is 0.258. The molecule has 1 N–H and O–H groups in total. The molecule has 0 fully saturated rings. The van der Waals surface area contributed by atoms with Crippen molar-refractivity contribution in [1.82, 2.24) is 15.3 Å². The highest BCUT2D eigenvalue weighted by molar-refractivity contribution is 7.13. The van der Waals surface area contributed by atoms with Gasteiger partial charge in [0.2, 0.25) is 0 Å². The van der Waals surface area contributed by atoms with Crippen molar-refractivity contribution in [2.75, 3.05) is 7.11 Å². The smallest absolute Gasteiger partial charge is 0.256 e. The van der Waals surface area contributed by atoms with Crippen molar-refractivity contribution < 1.29 is 9.53 Å². The van der Waals surface area contributed by atoms with Gasteiger partial charge in [-0.25, -0.2) is 4.98 Å². The zero-order valence-corrected chi connectivity index (χ0v) is 15.5. The molecule has 0 saturated heterocycles. The molecular formula is C17H13Cl2N3O2S. The summed E-state index contributed by atoms with van der Waals surface area (Å²) in [4.78, 5) is 21.2. The van der Waals surface area contributed by atoms with Crippen molar-refractivity contribution in [3.05, 3.63) is 63.2 Å². The Morgan fingerprint density at radius 3 is 2.76 bits per heavy atom. The Balaban J connectivity index is 1.74. The monoisotopic (exact) mass is 393 g/mol. The van der Waals surface area contributed by atoms with E-state index in [0.717, 1.165) is 16.4 Å². The molecule has 25 heavy (non-hydrogen) atoms. The minimum absolute atomic E-state index is 0.205. The topological polar surface area (TPSA) is 64.1 Å². The highest BCUT2D eigenvalue weighted by atomic mass is 35.5. The maximum Gasteiger partial charge on any atom is 0.256 e. The fraction of sp³-hybridized carbons (Fsp3) is 0.118. The molecule has 1 aromatic carbocycles. The van der Waals surface area contributed by atoms with Gasteiger partial charge in [-0.15, -0.1) is 11.3 Å². The maximum atomic E-state index is 12.5. The molecule has 8 heteroatoms. The largest absolute Gasteiger partial charge is 0.494 e. The Bertz CT molecular complexity index is 900. The number of thiazole rings is 1. The van der Waals surface area contributed by atoms with Crippen molar-refractivity contribution >= 4 is 40.4 Å². The van der Waals surface area contributed by atoms with Gasteiger partial charge in [0.15, 0.2) is 5.75 Å². The van der Waals surface area contributed by atoms with E-state index in [2.05, 4.69) is 15.3 Å². The molecule has 2 aromatic heterocycles. The Labute approximate surface area is 158 Å². The first-order chi connectivity index (χ1) is 12.1. The van der Waals surface area contributed by atoms with Crippen LogP contribution in [0.5, 0.6) is 5.75 Å². The summed E-state index contributed by atoms with van der Waals surface area (Å²) in [7, 11) is 1.44. The lowest BCUT2D eigenvalue weighted by molar-refractivity contribution is 0.0947. The molecule has 0 bridgehead atoms. The first kappa shape index (κ1) is 17.7. The molecule has 0 spiro atoms. The number of nitrogens with one attached hydrogen (secondary N) is 1. The van der Waals surface area contributed by atoms with Crippen LogP contribution in [0, 0.1) is 0 Å². The molecule has 0 aliphatic heterocycles. The zero-order valence-electron chi connectivity index (χ0n) is 13.1. The summed E-state index contributed by atoms with van der Waals surface area (Å²) in [5, 5.41) is 6.05. The fourth-order valence-corrected chi connectivity index (χ4v) is 3.46. The quantitative estimate of drug-likeness (QED) is 0.695. The molecule has 3 rings (SSSR count). The van der Waals surface area contributed by atoms with E-state index >= 15 is 0 Å². The van der Waals surface area contributed by atoms with Crippen molar-refractivity contribution in [3.63, 3.8) is 0 Å². The van der Waals surface area contributed by atoms with Crippen LogP contribution in [0.1, 0.15) is 16.1 Å². The Morgan fingerprint density at radius 1 is 1.24 bits per heavy atom. The van der Waals surface area contributed by atoms with Crippen molar-refractivity contribution in [2.45, 2.75) is 6.54 Å². The zero-order chi connectivity index (χ0) is 17.8. The fourth-order valence-electron chi connectivity index (χ4n) is 2.20. The van der Waals surface area contributed by atoms with Gasteiger partial charge >= 0.3 is 0 Å². The predicted octanol–water partition coefficient (Wildman–Crippen LogP) is 4.45. The lowest BCUT2D eigenvalue weighted by Crippen LogP contribution is -2.24. The SMILES string of the molecule is COc1c(Cl)ccc(Cl)c1C(=O)NCc1csc(-c2ccccn2)n1.